The van der Waals surface area contributed by atoms with Crippen molar-refractivity contribution >= 4 is 10.0 Å². The van der Waals surface area contributed by atoms with E-state index in [9.17, 15) is 13.5 Å². The number of hydrogen-bond donors (Lipinski definition) is 2. The van der Waals surface area contributed by atoms with Gasteiger partial charge in [-0.15, -0.1) is 0 Å². The van der Waals surface area contributed by atoms with Crippen LogP contribution in [0.5, 0.6) is 0 Å². The van der Waals surface area contributed by atoms with Gasteiger partial charge >= 0.3 is 0 Å². The van der Waals surface area contributed by atoms with E-state index in [1.165, 1.54) is 7.11 Å². The zero-order chi connectivity index (χ0) is 22.0. The van der Waals surface area contributed by atoms with Crippen molar-refractivity contribution < 1.29 is 23.0 Å². The predicted octanol–water partition coefficient (Wildman–Crippen LogP) is 3.27. The Balaban J connectivity index is 2.35. The summed E-state index contributed by atoms with van der Waals surface area (Å²) in [7, 11) is -2.13. The molecule has 1 atom stereocenters. The molecule has 0 saturated heterocycles. The third-order valence-corrected chi connectivity index (χ3v) is 6.33. The SMILES string of the molecule is COCOCCCS(=O)(=O)N[C@H](CC(C)C)C(O)(c1ccccc1)c1ccccc1. The van der Waals surface area contributed by atoms with Gasteiger partial charge in [-0.25, -0.2) is 13.1 Å². The Labute approximate surface area is 180 Å². The quantitative estimate of drug-likeness (QED) is 0.373. The molecule has 0 aliphatic heterocycles. The summed E-state index contributed by atoms with van der Waals surface area (Å²) in [4.78, 5) is 0. The minimum atomic E-state index is -3.64. The molecule has 7 heteroatoms. The Morgan fingerprint density at radius 3 is 2.00 bits per heavy atom. The lowest BCUT2D eigenvalue weighted by atomic mass is 9.77. The van der Waals surface area contributed by atoms with E-state index in [4.69, 9.17) is 9.47 Å². The third-order valence-electron chi connectivity index (χ3n) is 4.86. The van der Waals surface area contributed by atoms with Crippen LogP contribution in [0.15, 0.2) is 60.7 Å². The Bertz CT molecular complexity index is 801. The highest BCUT2D eigenvalue weighted by molar-refractivity contribution is 7.89. The van der Waals surface area contributed by atoms with Crippen LogP contribution in [0.25, 0.3) is 0 Å². The summed E-state index contributed by atoms with van der Waals surface area (Å²) in [5.74, 6) is 0.0759. The average Bonchev–Trinajstić information content (AvgIpc) is 2.73. The van der Waals surface area contributed by atoms with Crippen molar-refractivity contribution in [1.82, 2.24) is 4.72 Å². The highest BCUT2D eigenvalue weighted by Gasteiger charge is 2.42. The summed E-state index contributed by atoms with van der Waals surface area (Å²) >= 11 is 0. The van der Waals surface area contributed by atoms with Gasteiger partial charge in [0.1, 0.15) is 12.4 Å². The number of nitrogens with one attached hydrogen (secondary N) is 1. The smallest absolute Gasteiger partial charge is 0.212 e. The highest BCUT2D eigenvalue weighted by atomic mass is 32.2. The van der Waals surface area contributed by atoms with Crippen molar-refractivity contribution in [3.05, 3.63) is 71.8 Å². The topological polar surface area (TPSA) is 84.9 Å². The Hall–Kier alpha value is -1.77. The zero-order valence-corrected chi connectivity index (χ0v) is 18.8. The number of hydrogen-bond acceptors (Lipinski definition) is 5. The Morgan fingerprint density at radius 1 is 1.00 bits per heavy atom. The number of benzene rings is 2. The normalized spacial score (nSPS) is 13.5. The Kier molecular flexibility index (Phi) is 9.45. The molecule has 0 amide bonds. The van der Waals surface area contributed by atoms with Crippen LogP contribution in [0, 0.1) is 5.92 Å². The first-order valence-corrected chi connectivity index (χ1v) is 11.8. The lowest BCUT2D eigenvalue weighted by Crippen LogP contribution is -2.52. The van der Waals surface area contributed by atoms with E-state index in [1.807, 2.05) is 74.5 Å². The van der Waals surface area contributed by atoms with Crippen molar-refractivity contribution in [2.75, 3.05) is 26.3 Å². The molecule has 0 spiro atoms. The molecule has 0 saturated carbocycles. The van der Waals surface area contributed by atoms with Crippen molar-refractivity contribution in [3.63, 3.8) is 0 Å². The van der Waals surface area contributed by atoms with Gasteiger partial charge in [0.05, 0.1) is 18.4 Å². The van der Waals surface area contributed by atoms with Gasteiger partial charge in [-0.3, -0.25) is 0 Å². The molecule has 30 heavy (non-hydrogen) atoms. The molecule has 2 aromatic carbocycles. The second kappa shape index (κ2) is 11.6. The van der Waals surface area contributed by atoms with Gasteiger partial charge in [0.25, 0.3) is 0 Å². The molecule has 2 aromatic rings. The second-order valence-corrected chi connectivity index (χ2v) is 9.66. The van der Waals surface area contributed by atoms with E-state index in [0.717, 1.165) is 0 Å². The lowest BCUT2D eigenvalue weighted by Gasteiger charge is -2.38. The second-order valence-electron chi connectivity index (χ2n) is 7.79. The number of aliphatic hydroxyl groups is 1. The summed E-state index contributed by atoms with van der Waals surface area (Å²) in [6.45, 7) is 4.43. The summed E-state index contributed by atoms with van der Waals surface area (Å²) in [6.07, 6.45) is 0.807. The van der Waals surface area contributed by atoms with E-state index < -0.39 is 21.7 Å². The minimum Gasteiger partial charge on any atom is -0.379 e. The van der Waals surface area contributed by atoms with Crippen LogP contribution in [-0.4, -0.2) is 45.8 Å². The molecule has 0 aromatic heterocycles. The first-order chi connectivity index (χ1) is 14.3. The summed E-state index contributed by atoms with van der Waals surface area (Å²) < 4.78 is 38.5. The number of ether oxygens (including phenoxy) is 2. The fraction of sp³-hybridized carbons (Fsp3) is 0.478. The minimum absolute atomic E-state index is 0.0923. The van der Waals surface area contributed by atoms with Gasteiger partial charge in [0.15, 0.2) is 0 Å². The molecular formula is C23H33NO5S. The lowest BCUT2D eigenvalue weighted by molar-refractivity contribution is -0.0299. The van der Waals surface area contributed by atoms with Gasteiger partial charge in [0, 0.05) is 7.11 Å². The molecule has 0 radical (unpaired) electrons. The number of methoxy groups -OCH3 is 1. The summed E-state index contributed by atoms with van der Waals surface area (Å²) in [5.41, 5.74) is -0.215. The molecule has 0 aliphatic carbocycles. The van der Waals surface area contributed by atoms with Crippen LogP contribution in [-0.2, 0) is 25.1 Å². The zero-order valence-electron chi connectivity index (χ0n) is 18.0. The van der Waals surface area contributed by atoms with Gasteiger partial charge in [0.2, 0.25) is 10.0 Å². The van der Waals surface area contributed by atoms with Crippen LogP contribution in [0.3, 0.4) is 0 Å². The maximum atomic E-state index is 12.9. The predicted molar refractivity (Wildman–Crippen MR) is 118 cm³/mol. The molecule has 0 unspecified atom stereocenters. The molecule has 2 rings (SSSR count). The van der Waals surface area contributed by atoms with E-state index in [2.05, 4.69) is 4.72 Å². The molecule has 166 valence electrons. The molecule has 0 bridgehead atoms. The van der Waals surface area contributed by atoms with Crippen LogP contribution in [0.4, 0.5) is 0 Å². The summed E-state index contributed by atoms with van der Waals surface area (Å²) in [5, 5.41) is 12.0. The largest absolute Gasteiger partial charge is 0.379 e. The van der Waals surface area contributed by atoms with Crippen LogP contribution in [0.2, 0.25) is 0 Å². The van der Waals surface area contributed by atoms with Gasteiger partial charge in [-0.2, -0.15) is 0 Å². The number of sulfonamides is 1. The maximum Gasteiger partial charge on any atom is 0.212 e. The van der Waals surface area contributed by atoms with Crippen molar-refractivity contribution in [2.24, 2.45) is 5.92 Å². The van der Waals surface area contributed by atoms with Crippen LogP contribution < -0.4 is 4.72 Å². The fourth-order valence-electron chi connectivity index (χ4n) is 3.50. The van der Waals surface area contributed by atoms with E-state index >= 15 is 0 Å². The monoisotopic (exact) mass is 435 g/mol. The van der Waals surface area contributed by atoms with Gasteiger partial charge in [-0.1, -0.05) is 74.5 Å². The molecular weight excluding hydrogens is 402 g/mol. The van der Waals surface area contributed by atoms with Crippen molar-refractivity contribution in [2.45, 2.75) is 38.3 Å². The van der Waals surface area contributed by atoms with Crippen LogP contribution >= 0.6 is 0 Å². The van der Waals surface area contributed by atoms with E-state index in [-0.39, 0.29) is 25.1 Å². The van der Waals surface area contributed by atoms with Crippen molar-refractivity contribution in [1.29, 1.82) is 0 Å². The first kappa shape index (κ1) is 24.5. The average molecular weight is 436 g/mol. The molecule has 2 N–H and O–H groups in total. The highest BCUT2D eigenvalue weighted by Crippen LogP contribution is 2.36. The van der Waals surface area contributed by atoms with Gasteiger partial charge < -0.3 is 14.6 Å². The molecule has 0 fully saturated rings. The van der Waals surface area contributed by atoms with E-state index in [0.29, 0.717) is 24.0 Å². The third kappa shape index (κ3) is 6.89. The van der Waals surface area contributed by atoms with Crippen LogP contribution in [0.1, 0.15) is 37.8 Å². The maximum absolute atomic E-state index is 12.9. The summed E-state index contributed by atoms with van der Waals surface area (Å²) in [6, 6.07) is 17.7. The molecule has 0 heterocycles. The van der Waals surface area contributed by atoms with E-state index in [1.54, 1.807) is 0 Å². The molecule has 6 nitrogen and oxygen atoms in total. The number of rotatable bonds is 13. The first-order valence-electron chi connectivity index (χ1n) is 10.2. The van der Waals surface area contributed by atoms with Gasteiger partial charge in [-0.05, 0) is 29.9 Å². The fourth-order valence-corrected chi connectivity index (χ4v) is 4.81. The van der Waals surface area contributed by atoms with Crippen molar-refractivity contribution in [3.8, 4) is 0 Å². The Morgan fingerprint density at radius 2 is 1.53 bits per heavy atom. The molecule has 0 aliphatic rings. The standard InChI is InChI=1S/C23H33NO5S/c1-19(2)17-22(24-30(26,27)16-10-15-29-18-28-3)23(25,20-11-6-4-7-12-20)21-13-8-5-9-14-21/h4-9,11-14,19,22,24-25H,10,15-18H2,1-3H3/t22-/m1/s1.